The summed E-state index contributed by atoms with van der Waals surface area (Å²) in [6.45, 7) is 2.05. The van der Waals surface area contributed by atoms with Crippen LogP contribution in [0.15, 0.2) is 65.8 Å². The van der Waals surface area contributed by atoms with Crippen molar-refractivity contribution in [1.29, 1.82) is 0 Å². The molecule has 30 heavy (non-hydrogen) atoms. The Labute approximate surface area is 171 Å². The van der Waals surface area contributed by atoms with E-state index in [0.717, 1.165) is 23.6 Å². The number of benzene rings is 2. The average Bonchev–Trinajstić information content (AvgIpc) is 3.29. The topological polar surface area (TPSA) is 64.6 Å². The minimum absolute atomic E-state index is 0.00644. The van der Waals surface area contributed by atoms with Gasteiger partial charge in [0.2, 0.25) is 0 Å². The Bertz CT molecular complexity index is 1090. The summed E-state index contributed by atoms with van der Waals surface area (Å²) in [6, 6.07) is 15.1. The van der Waals surface area contributed by atoms with Crippen LogP contribution in [0.3, 0.4) is 0 Å². The van der Waals surface area contributed by atoms with Crippen LogP contribution in [0.1, 0.15) is 41.6 Å². The van der Waals surface area contributed by atoms with Crippen LogP contribution >= 0.6 is 0 Å². The molecule has 1 aromatic heterocycles. The van der Waals surface area contributed by atoms with Gasteiger partial charge in [-0.15, -0.1) is 0 Å². The molecule has 0 saturated carbocycles. The number of rotatable bonds is 5. The number of nitrogens with zero attached hydrogens (tertiary/aromatic N) is 2. The highest BCUT2D eigenvalue weighted by molar-refractivity contribution is 6.10. The first-order chi connectivity index (χ1) is 14.4. The molecule has 0 bridgehead atoms. The van der Waals surface area contributed by atoms with Crippen molar-refractivity contribution in [2.24, 2.45) is 10.9 Å². The molecular weight excluding hydrogens is 393 g/mol. The molecule has 0 radical (unpaired) electrons. The third-order valence-corrected chi connectivity index (χ3v) is 5.16. The van der Waals surface area contributed by atoms with Gasteiger partial charge < -0.3 is 14.7 Å². The lowest BCUT2D eigenvalue weighted by Gasteiger charge is -2.16. The SMILES string of the molecule is CCC1N=C(Nc2cc(ON)cn2Cc2ccccc2C(F)(F)F)c2ccccc21. The van der Waals surface area contributed by atoms with Crippen LogP contribution in [0, 0.1) is 0 Å². The molecule has 0 spiro atoms. The van der Waals surface area contributed by atoms with E-state index in [1.54, 1.807) is 22.9 Å². The molecule has 1 unspecified atom stereocenters. The molecule has 0 aliphatic carbocycles. The number of amidine groups is 1. The van der Waals surface area contributed by atoms with Crippen LogP contribution in [-0.4, -0.2) is 10.4 Å². The zero-order valence-electron chi connectivity index (χ0n) is 16.3. The first-order valence-electron chi connectivity index (χ1n) is 9.56. The molecule has 1 atom stereocenters. The molecule has 2 heterocycles. The quantitative estimate of drug-likeness (QED) is 0.569. The highest BCUT2D eigenvalue weighted by Crippen LogP contribution is 2.35. The second-order valence-electron chi connectivity index (χ2n) is 7.08. The van der Waals surface area contributed by atoms with Crippen molar-refractivity contribution < 1.29 is 18.0 Å². The lowest BCUT2D eigenvalue weighted by Crippen LogP contribution is -2.16. The summed E-state index contributed by atoms with van der Waals surface area (Å²) in [5.74, 6) is 6.85. The van der Waals surface area contributed by atoms with Crippen LogP contribution in [-0.2, 0) is 12.7 Å². The molecule has 3 aromatic rings. The number of nitrogens with two attached hydrogens (primary N) is 1. The second kappa shape index (κ2) is 7.87. The molecule has 0 amide bonds. The van der Waals surface area contributed by atoms with Crippen LogP contribution < -0.4 is 16.1 Å². The number of aliphatic imine (C=N–C) groups is 1. The van der Waals surface area contributed by atoms with Gasteiger partial charge in [0.25, 0.3) is 0 Å². The van der Waals surface area contributed by atoms with E-state index in [0.29, 0.717) is 17.4 Å². The van der Waals surface area contributed by atoms with E-state index in [1.165, 1.54) is 12.1 Å². The maximum atomic E-state index is 13.4. The first kappa shape index (κ1) is 20.0. The van der Waals surface area contributed by atoms with Crippen molar-refractivity contribution >= 4 is 11.7 Å². The van der Waals surface area contributed by atoms with Gasteiger partial charge in [0.05, 0.1) is 17.8 Å². The summed E-state index contributed by atoms with van der Waals surface area (Å²) < 4.78 is 41.9. The average molecular weight is 414 g/mol. The Morgan fingerprint density at radius 3 is 2.60 bits per heavy atom. The van der Waals surface area contributed by atoms with Crippen LogP contribution in [0.2, 0.25) is 0 Å². The van der Waals surface area contributed by atoms with E-state index in [4.69, 9.17) is 15.7 Å². The minimum atomic E-state index is -4.44. The summed E-state index contributed by atoms with van der Waals surface area (Å²) in [4.78, 5) is 9.57. The van der Waals surface area contributed by atoms with Gasteiger partial charge in [-0.05, 0) is 23.6 Å². The molecule has 0 fully saturated rings. The molecule has 1 aliphatic heterocycles. The highest BCUT2D eigenvalue weighted by Gasteiger charge is 2.33. The lowest BCUT2D eigenvalue weighted by atomic mass is 10.0. The fraction of sp³-hybridized carbons (Fsp3) is 0.227. The van der Waals surface area contributed by atoms with Gasteiger partial charge >= 0.3 is 6.18 Å². The number of hydrogen-bond donors (Lipinski definition) is 2. The normalized spacial score (nSPS) is 15.6. The third-order valence-electron chi connectivity index (χ3n) is 5.16. The van der Waals surface area contributed by atoms with Crippen molar-refractivity contribution in [3.05, 3.63) is 83.0 Å². The Kier molecular flexibility index (Phi) is 5.26. The van der Waals surface area contributed by atoms with Crippen molar-refractivity contribution in [2.75, 3.05) is 5.32 Å². The number of hydrogen-bond acceptors (Lipinski definition) is 4. The zero-order valence-corrected chi connectivity index (χ0v) is 16.3. The molecule has 0 saturated heterocycles. The maximum Gasteiger partial charge on any atom is 0.416 e. The predicted molar refractivity (Wildman–Crippen MR) is 109 cm³/mol. The monoisotopic (exact) mass is 414 g/mol. The van der Waals surface area contributed by atoms with Crippen LogP contribution in [0.4, 0.5) is 19.0 Å². The van der Waals surface area contributed by atoms with Crippen molar-refractivity contribution in [3.8, 4) is 5.75 Å². The van der Waals surface area contributed by atoms with Crippen molar-refractivity contribution in [1.82, 2.24) is 4.57 Å². The molecule has 8 heteroatoms. The lowest BCUT2D eigenvalue weighted by molar-refractivity contribution is -0.138. The molecule has 4 rings (SSSR count). The second-order valence-corrected chi connectivity index (χ2v) is 7.08. The smallest absolute Gasteiger partial charge is 0.410 e. The van der Waals surface area contributed by atoms with Crippen LogP contribution in [0.5, 0.6) is 5.75 Å². The summed E-state index contributed by atoms with van der Waals surface area (Å²) in [5, 5.41) is 3.26. The number of aromatic nitrogens is 1. The summed E-state index contributed by atoms with van der Waals surface area (Å²) in [7, 11) is 0. The fourth-order valence-electron chi connectivity index (χ4n) is 3.73. The Balaban J connectivity index is 1.68. The van der Waals surface area contributed by atoms with Gasteiger partial charge in [0, 0.05) is 18.2 Å². The maximum absolute atomic E-state index is 13.4. The van der Waals surface area contributed by atoms with Gasteiger partial charge in [-0.2, -0.15) is 19.1 Å². The van der Waals surface area contributed by atoms with E-state index < -0.39 is 11.7 Å². The standard InChI is InChI=1S/C22H21F3N4O/c1-2-19-16-8-4-5-9-17(16)21(27-19)28-20-11-15(30-26)13-29(20)12-14-7-3-6-10-18(14)22(23,24)25/h3-11,13,19H,2,12,26H2,1H3,(H,27,28). The zero-order chi connectivity index (χ0) is 21.3. The summed E-state index contributed by atoms with van der Waals surface area (Å²) in [5.41, 5.74) is 1.57. The minimum Gasteiger partial charge on any atom is -0.410 e. The molecule has 3 N–H and O–H groups in total. The Morgan fingerprint density at radius 1 is 1.13 bits per heavy atom. The van der Waals surface area contributed by atoms with E-state index in [1.807, 2.05) is 24.3 Å². The molecular formula is C22H21F3N4O. The van der Waals surface area contributed by atoms with Gasteiger partial charge in [-0.3, -0.25) is 4.99 Å². The Morgan fingerprint density at radius 2 is 1.87 bits per heavy atom. The van der Waals surface area contributed by atoms with E-state index in [2.05, 4.69) is 12.2 Å². The van der Waals surface area contributed by atoms with Crippen molar-refractivity contribution in [3.63, 3.8) is 0 Å². The fourth-order valence-corrected chi connectivity index (χ4v) is 3.73. The number of alkyl halides is 3. The molecule has 2 aromatic carbocycles. The summed E-state index contributed by atoms with van der Waals surface area (Å²) in [6.07, 6.45) is -2.03. The van der Waals surface area contributed by atoms with Gasteiger partial charge in [-0.25, -0.2) is 0 Å². The number of nitrogens with one attached hydrogen (secondary N) is 1. The first-order valence-corrected chi connectivity index (χ1v) is 9.56. The Hall–Kier alpha value is -3.26. The molecule has 1 aliphatic rings. The molecule has 156 valence electrons. The number of halogens is 3. The van der Waals surface area contributed by atoms with Gasteiger partial charge in [0.1, 0.15) is 11.7 Å². The van der Waals surface area contributed by atoms with E-state index in [9.17, 15) is 13.2 Å². The highest BCUT2D eigenvalue weighted by atomic mass is 19.4. The number of fused-ring (bicyclic) bond motifs is 1. The predicted octanol–water partition coefficient (Wildman–Crippen LogP) is 5.13. The van der Waals surface area contributed by atoms with E-state index in [-0.39, 0.29) is 18.2 Å². The van der Waals surface area contributed by atoms with E-state index >= 15 is 0 Å². The van der Waals surface area contributed by atoms with Gasteiger partial charge in [0.15, 0.2) is 5.75 Å². The largest absolute Gasteiger partial charge is 0.416 e. The van der Waals surface area contributed by atoms with Crippen molar-refractivity contribution in [2.45, 2.75) is 32.1 Å². The number of anilines is 1. The summed E-state index contributed by atoms with van der Waals surface area (Å²) >= 11 is 0. The third kappa shape index (κ3) is 3.78. The van der Waals surface area contributed by atoms with Gasteiger partial charge in [-0.1, -0.05) is 49.4 Å². The molecule has 5 nitrogen and oxygen atoms in total. The van der Waals surface area contributed by atoms with Crippen LogP contribution in [0.25, 0.3) is 0 Å².